The molecule has 162 valence electrons. The normalized spacial score (nSPS) is 27.0. The third kappa shape index (κ3) is 3.86. The largest absolute Gasteiger partial charge is 0.625 e. The van der Waals surface area contributed by atoms with E-state index in [0.717, 1.165) is 88.0 Å². The fraction of sp³-hybridized carbons (Fsp3) is 0.636. The maximum absolute atomic E-state index is 13.1. The van der Waals surface area contributed by atoms with Crippen molar-refractivity contribution in [2.24, 2.45) is 0 Å². The summed E-state index contributed by atoms with van der Waals surface area (Å²) in [6.45, 7) is 5.80. The van der Waals surface area contributed by atoms with Gasteiger partial charge in [-0.2, -0.15) is 0 Å². The Labute approximate surface area is 181 Å². The van der Waals surface area contributed by atoms with Crippen LogP contribution in [-0.2, 0) is 0 Å². The first-order valence-electron chi connectivity index (χ1n) is 11.2. The number of pyridine rings is 1. The maximum Gasteiger partial charge on any atom is 0.375 e. The van der Waals surface area contributed by atoms with Gasteiger partial charge in [-0.25, -0.2) is 9.78 Å². The molecule has 1 aliphatic carbocycles. The zero-order valence-corrected chi connectivity index (χ0v) is 18.2. The van der Waals surface area contributed by atoms with Gasteiger partial charge >= 0.3 is 5.24 Å². The molecular formula is C22H30N4O3S. The van der Waals surface area contributed by atoms with Crippen LogP contribution in [0.5, 0.6) is 0 Å². The zero-order valence-electron chi connectivity index (χ0n) is 17.4. The highest BCUT2D eigenvalue weighted by Crippen LogP contribution is 2.50. The highest BCUT2D eigenvalue weighted by Gasteiger charge is 2.53. The number of hydrogen-bond donors (Lipinski definition) is 0. The van der Waals surface area contributed by atoms with Crippen LogP contribution in [0.4, 0.5) is 10.6 Å². The van der Waals surface area contributed by atoms with Gasteiger partial charge in [0.05, 0.1) is 22.9 Å². The molecule has 1 amide bonds. The Morgan fingerprint density at radius 1 is 1.17 bits per heavy atom. The lowest BCUT2D eigenvalue weighted by Gasteiger charge is -2.37. The van der Waals surface area contributed by atoms with Gasteiger partial charge in [0.15, 0.2) is 0 Å². The Kier molecular flexibility index (Phi) is 5.51. The Hall–Kier alpha value is -1.61. The fourth-order valence-corrected chi connectivity index (χ4v) is 6.76. The Morgan fingerprint density at radius 2 is 1.97 bits per heavy atom. The van der Waals surface area contributed by atoms with Crippen molar-refractivity contribution in [2.45, 2.75) is 43.3 Å². The lowest BCUT2D eigenvalue weighted by atomic mass is 10.1. The number of carbonyl (C=O) groups is 1. The number of quaternary nitrogens is 1. The molecular weight excluding hydrogens is 400 g/mol. The van der Waals surface area contributed by atoms with E-state index in [9.17, 15) is 10.0 Å². The molecule has 8 heteroatoms. The Morgan fingerprint density at radius 3 is 2.77 bits per heavy atom. The number of aromatic nitrogens is 1. The monoisotopic (exact) mass is 430 g/mol. The van der Waals surface area contributed by atoms with Crippen molar-refractivity contribution in [1.29, 1.82) is 0 Å². The number of furan rings is 1. The number of amides is 1. The molecule has 7 nitrogen and oxygen atoms in total. The SMILES string of the molecule is O=C1SC2(CCCC2)C[N+]1([O-])CCCCN1CCN(c2nccc3occc23)CC1. The van der Waals surface area contributed by atoms with E-state index in [2.05, 4.69) is 14.8 Å². The highest BCUT2D eigenvalue weighted by atomic mass is 32.2. The number of nitrogens with zero attached hydrogens (tertiary/aromatic N) is 4. The smallest absolute Gasteiger partial charge is 0.375 e. The van der Waals surface area contributed by atoms with E-state index in [0.29, 0.717) is 13.1 Å². The standard InChI is InChI=1S/C22H30N4O3S/c27-21-26(28,17-22(30-21)7-1-2-8-22)15-4-3-10-24-11-13-25(14-12-24)20-18-6-16-29-19(18)5-9-23-20/h5-6,9,16H,1-4,7-8,10-15,17H2. The quantitative estimate of drug-likeness (QED) is 0.386. The van der Waals surface area contributed by atoms with Crippen LogP contribution >= 0.6 is 11.8 Å². The summed E-state index contributed by atoms with van der Waals surface area (Å²) in [5.74, 6) is 1.00. The van der Waals surface area contributed by atoms with Crippen molar-refractivity contribution in [3.8, 4) is 0 Å². The molecule has 5 rings (SSSR count). The van der Waals surface area contributed by atoms with Crippen molar-refractivity contribution in [1.82, 2.24) is 9.88 Å². The summed E-state index contributed by atoms with van der Waals surface area (Å²) in [6.07, 6.45) is 9.73. The molecule has 2 saturated heterocycles. The molecule has 3 fully saturated rings. The van der Waals surface area contributed by atoms with E-state index in [1.54, 1.807) is 6.26 Å². The number of rotatable bonds is 6. The molecule has 4 heterocycles. The first-order chi connectivity index (χ1) is 14.6. The van der Waals surface area contributed by atoms with Crippen LogP contribution in [-0.4, -0.2) is 70.3 Å². The van der Waals surface area contributed by atoms with Crippen LogP contribution in [0.25, 0.3) is 11.0 Å². The minimum Gasteiger partial charge on any atom is -0.625 e. The first-order valence-corrected chi connectivity index (χ1v) is 12.0. The third-order valence-corrected chi connectivity index (χ3v) is 8.45. The van der Waals surface area contributed by atoms with Crippen molar-refractivity contribution in [3.63, 3.8) is 0 Å². The molecule has 2 aromatic heterocycles. The first kappa shape index (κ1) is 20.3. The van der Waals surface area contributed by atoms with Crippen LogP contribution < -0.4 is 4.90 Å². The van der Waals surface area contributed by atoms with Gasteiger partial charge in [-0.05, 0) is 56.1 Å². The zero-order chi connectivity index (χ0) is 20.6. The minimum absolute atomic E-state index is 0.0406. The van der Waals surface area contributed by atoms with E-state index in [1.807, 2.05) is 18.3 Å². The highest BCUT2D eigenvalue weighted by molar-refractivity contribution is 8.14. The molecule has 0 bridgehead atoms. The van der Waals surface area contributed by atoms with Crippen LogP contribution in [0.3, 0.4) is 0 Å². The van der Waals surface area contributed by atoms with Gasteiger partial charge in [-0.15, -0.1) is 0 Å². The lowest BCUT2D eigenvalue weighted by molar-refractivity contribution is -0.791. The molecule has 3 aliphatic rings. The van der Waals surface area contributed by atoms with Crippen molar-refractivity contribution in [3.05, 3.63) is 29.8 Å². The second-order valence-electron chi connectivity index (χ2n) is 9.03. The number of fused-ring (bicyclic) bond motifs is 1. The summed E-state index contributed by atoms with van der Waals surface area (Å²) in [4.78, 5) is 21.7. The van der Waals surface area contributed by atoms with E-state index < -0.39 is 4.65 Å². The van der Waals surface area contributed by atoms with Crippen LogP contribution in [0.1, 0.15) is 38.5 Å². The predicted molar refractivity (Wildman–Crippen MR) is 119 cm³/mol. The number of piperazine rings is 1. The summed E-state index contributed by atoms with van der Waals surface area (Å²) in [5, 5.41) is 14.0. The van der Waals surface area contributed by atoms with Gasteiger partial charge in [0.1, 0.15) is 17.9 Å². The number of anilines is 1. The molecule has 1 atom stereocenters. The van der Waals surface area contributed by atoms with Crippen LogP contribution in [0.15, 0.2) is 29.0 Å². The second kappa shape index (κ2) is 8.15. The molecule has 0 N–H and O–H groups in total. The Balaban J connectivity index is 1.07. The van der Waals surface area contributed by atoms with Gasteiger partial charge in [0.2, 0.25) is 0 Å². The fourth-order valence-electron chi connectivity index (χ4n) is 5.30. The van der Waals surface area contributed by atoms with Crippen molar-refractivity contribution in [2.75, 3.05) is 50.7 Å². The van der Waals surface area contributed by atoms with Crippen molar-refractivity contribution >= 4 is 33.8 Å². The minimum atomic E-state index is -0.598. The maximum atomic E-state index is 13.1. The van der Waals surface area contributed by atoms with Crippen LogP contribution in [0, 0.1) is 5.21 Å². The van der Waals surface area contributed by atoms with E-state index in [4.69, 9.17) is 4.42 Å². The van der Waals surface area contributed by atoms with Gasteiger partial charge in [0, 0.05) is 32.4 Å². The number of hydroxylamine groups is 3. The molecule has 1 saturated carbocycles. The topological polar surface area (TPSA) is 72.6 Å². The summed E-state index contributed by atoms with van der Waals surface area (Å²) in [5.41, 5.74) is 0.881. The van der Waals surface area contributed by atoms with Crippen LogP contribution in [0.2, 0.25) is 0 Å². The summed E-state index contributed by atoms with van der Waals surface area (Å²) >= 11 is 1.36. The molecule has 2 aromatic rings. The number of thioether (sulfide) groups is 1. The average molecular weight is 431 g/mol. The molecule has 0 radical (unpaired) electrons. The second-order valence-corrected chi connectivity index (χ2v) is 10.5. The van der Waals surface area contributed by atoms with Gasteiger partial charge in [-0.3, -0.25) is 9.55 Å². The summed E-state index contributed by atoms with van der Waals surface area (Å²) in [7, 11) is 0. The Bertz CT molecular complexity index is 905. The van der Waals surface area contributed by atoms with Gasteiger partial charge < -0.3 is 14.5 Å². The van der Waals surface area contributed by atoms with Gasteiger partial charge in [-0.1, -0.05) is 12.8 Å². The van der Waals surface area contributed by atoms with Gasteiger partial charge in [0.25, 0.3) is 0 Å². The molecule has 1 spiro atoms. The van der Waals surface area contributed by atoms with Crippen molar-refractivity contribution < 1.29 is 13.9 Å². The number of unbranched alkanes of at least 4 members (excludes halogenated alkanes) is 1. The molecule has 30 heavy (non-hydrogen) atoms. The molecule has 2 aliphatic heterocycles. The van der Waals surface area contributed by atoms with E-state index >= 15 is 0 Å². The summed E-state index contributed by atoms with van der Waals surface area (Å²) < 4.78 is 4.86. The van der Waals surface area contributed by atoms with E-state index in [1.165, 1.54) is 11.8 Å². The lowest BCUT2D eigenvalue weighted by Crippen LogP contribution is -2.47. The number of carbonyl (C=O) groups excluding carboxylic acids is 1. The predicted octanol–water partition coefficient (Wildman–Crippen LogP) is 4.22. The number of hydrogen-bond acceptors (Lipinski definition) is 7. The molecule has 1 unspecified atom stereocenters. The average Bonchev–Trinajstić information content (AvgIpc) is 3.46. The third-order valence-electron chi connectivity index (χ3n) is 6.97. The summed E-state index contributed by atoms with van der Waals surface area (Å²) in [6, 6.07) is 3.89. The molecule has 0 aromatic carbocycles. The van der Waals surface area contributed by atoms with E-state index in [-0.39, 0.29) is 9.99 Å².